The van der Waals surface area contributed by atoms with E-state index in [9.17, 15) is 9.59 Å². The first-order chi connectivity index (χ1) is 12.6. The highest BCUT2D eigenvalue weighted by Crippen LogP contribution is 2.13. The van der Waals surface area contributed by atoms with Gasteiger partial charge in [-0.2, -0.15) is 0 Å². The van der Waals surface area contributed by atoms with Gasteiger partial charge in [-0.05, 0) is 24.3 Å². The van der Waals surface area contributed by atoms with Crippen molar-refractivity contribution in [3.8, 4) is 0 Å². The van der Waals surface area contributed by atoms with Gasteiger partial charge in [0, 0.05) is 33.3 Å². The van der Waals surface area contributed by atoms with E-state index in [4.69, 9.17) is 0 Å². The maximum atomic E-state index is 12.7. The number of anilines is 1. The number of hydrogen-bond acceptors (Lipinski definition) is 5. The number of nitrogens with zero attached hydrogens (tertiary/aromatic N) is 4. The average Bonchev–Trinajstić information content (AvgIpc) is 2.66. The standard InChI is InChI=1S/C19H21N5O2/c1-23(2)18-19(26)24(16-9-4-3-8-15(16)22-18)12-10-17(25)21-13-14-7-5-6-11-20-14/h3-9,11H,10,12-13H2,1-2H3,(H,21,25). The zero-order valence-electron chi connectivity index (χ0n) is 14.8. The lowest BCUT2D eigenvalue weighted by molar-refractivity contribution is -0.121. The third-order valence-corrected chi connectivity index (χ3v) is 4.01. The molecule has 0 aliphatic carbocycles. The first kappa shape index (κ1) is 17.6. The van der Waals surface area contributed by atoms with Crippen LogP contribution in [0.5, 0.6) is 0 Å². The van der Waals surface area contributed by atoms with Gasteiger partial charge in [-0.25, -0.2) is 4.98 Å². The molecule has 3 aromatic rings. The van der Waals surface area contributed by atoms with E-state index in [0.717, 1.165) is 16.7 Å². The lowest BCUT2D eigenvalue weighted by Crippen LogP contribution is -2.31. The van der Waals surface area contributed by atoms with Gasteiger partial charge in [0.15, 0.2) is 5.82 Å². The molecule has 0 unspecified atom stereocenters. The Kier molecular flexibility index (Phi) is 5.26. The minimum absolute atomic E-state index is 0.130. The maximum Gasteiger partial charge on any atom is 0.293 e. The van der Waals surface area contributed by atoms with Crippen molar-refractivity contribution >= 4 is 22.8 Å². The summed E-state index contributed by atoms with van der Waals surface area (Å²) in [6, 6.07) is 13.0. The molecule has 0 spiro atoms. The number of fused-ring (bicyclic) bond motifs is 1. The van der Waals surface area contributed by atoms with Crippen LogP contribution in [0.25, 0.3) is 11.0 Å². The van der Waals surface area contributed by atoms with Crippen LogP contribution in [-0.4, -0.2) is 34.5 Å². The molecule has 0 saturated carbocycles. The minimum Gasteiger partial charge on any atom is -0.358 e. The van der Waals surface area contributed by atoms with E-state index in [-0.39, 0.29) is 24.4 Å². The molecule has 0 atom stereocenters. The zero-order chi connectivity index (χ0) is 18.5. The summed E-state index contributed by atoms with van der Waals surface area (Å²) in [6.45, 7) is 0.658. The van der Waals surface area contributed by atoms with Crippen LogP contribution in [0, 0.1) is 0 Å². The molecule has 134 valence electrons. The summed E-state index contributed by atoms with van der Waals surface area (Å²) in [5.41, 5.74) is 2.04. The van der Waals surface area contributed by atoms with Crippen molar-refractivity contribution in [3.05, 3.63) is 64.7 Å². The van der Waals surface area contributed by atoms with E-state index < -0.39 is 0 Å². The number of para-hydroxylation sites is 2. The molecule has 0 aliphatic heterocycles. The molecular formula is C19H21N5O2. The molecule has 0 radical (unpaired) electrons. The molecule has 1 N–H and O–H groups in total. The molecule has 3 rings (SSSR count). The van der Waals surface area contributed by atoms with Gasteiger partial charge in [0.05, 0.1) is 23.3 Å². The molecule has 0 fully saturated rings. The van der Waals surface area contributed by atoms with Gasteiger partial charge in [-0.3, -0.25) is 14.6 Å². The van der Waals surface area contributed by atoms with Crippen molar-refractivity contribution in [1.29, 1.82) is 0 Å². The first-order valence-electron chi connectivity index (χ1n) is 8.40. The number of rotatable bonds is 6. The van der Waals surface area contributed by atoms with E-state index in [1.54, 1.807) is 29.8 Å². The average molecular weight is 351 g/mol. The van der Waals surface area contributed by atoms with Gasteiger partial charge in [-0.1, -0.05) is 18.2 Å². The molecule has 0 bridgehead atoms. The van der Waals surface area contributed by atoms with Crippen molar-refractivity contribution < 1.29 is 4.79 Å². The van der Waals surface area contributed by atoms with E-state index in [2.05, 4.69) is 15.3 Å². The van der Waals surface area contributed by atoms with E-state index in [1.807, 2.05) is 42.5 Å². The van der Waals surface area contributed by atoms with Crippen molar-refractivity contribution in [2.24, 2.45) is 0 Å². The molecule has 1 aromatic carbocycles. The van der Waals surface area contributed by atoms with Gasteiger partial charge < -0.3 is 14.8 Å². The molecule has 7 nitrogen and oxygen atoms in total. The third kappa shape index (κ3) is 3.88. The number of carbonyl (C=O) groups excluding carboxylic acids is 1. The fourth-order valence-electron chi connectivity index (χ4n) is 2.69. The largest absolute Gasteiger partial charge is 0.358 e. The Hall–Kier alpha value is -3.22. The molecule has 7 heteroatoms. The second-order valence-electron chi connectivity index (χ2n) is 6.12. The Morgan fingerprint density at radius 1 is 1.15 bits per heavy atom. The second kappa shape index (κ2) is 7.77. The predicted molar refractivity (Wildman–Crippen MR) is 101 cm³/mol. The minimum atomic E-state index is -0.203. The number of aryl methyl sites for hydroxylation is 1. The lowest BCUT2D eigenvalue weighted by atomic mass is 10.2. The second-order valence-corrected chi connectivity index (χ2v) is 6.12. The number of hydrogen-bond donors (Lipinski definition) is 1. The quantitative estimate of drug-likeness (QED) is 0.729. The summed E-state index contributed by atoms with van der Waals surface area (Å²) < 4.78 is 1.61. The highest BCUT2D eigenvalue weighted by molar-refractivity contribution is 5.78. The van der Waals surface area contributed by atoms with Crippen LogP contribution in [-0.2, 0) is 17.9 Å². The van der Waals surface area contributed by atoms with Gasteiger partial charge >= 0.3 is 0 Å². The van der Waals surface area contributed by atoms with Crippen LogP contribution in [0.2, 0.25) is 0 Å². The van der Waals surface area contributed by atoms with Crippen LogP contribution in [0.15, 0.2) is 53.5 Å². The molecule has 2 aromatic heterocycles. The fourth-order valence-corrected chi connectivity index (χ4v) is 2.69. The van der Waals surface area contributed by atoms with Gasteiger partial charge in [-0.15, -0.1) is 0 Å². The summed E-state index contributed by atoms with van der Waals surface area (Å²) in [6.07, 6.45) is 1.89. The summed E-state index contributed by atoms with van der Waals surface area (Å²) in [4.78, 5) is 35.2. The molecular weight excluding hydrogens is 330 g/mol. The van der Waals surface area contributed by atoms with E-state index in [0.29, 0.717) is 12.4 Å². The Balaban J connectivity index is 1.76. The fraction of sp³-hybridized carbons (Fsp3) is 0.263. The highest BCUT2D eigenvalue weighted by Gasteiger charge is 2.13. The molecule has 2 heterocycles. The lowest BCUT2D eigenvalue weighted by Gasteiger charge is -2.16. The molecule has 26 heavy (non-hydrogen) atoms. The zero-order valence-corrected chi connectivity index (χ0v) is 14.8. The number of carbonyl (C=O) groups is 1. The Labute approximate surface area is 151 Å². The Morgan fingerprint density at radius 2 is 1.92 bits per heavy atom. The smallest absolute Gasteiger partial charge is 0.293 e. The van der Waals surface area contributed by atoms with Gasteiger partial charge in [0.1, 0.15) is 0 Å². The van der Waals surface area contributed by atoms with E-state index in [1.165, 1.54) is 0 Å². The topological polar surface area (TPSA) is 80.1 Å². The van der Waals surface area contributed by atoms with Crippen LogP contribution in [0.4, 0.5) is 5.82 Å². The molecule has 0 saturated heterocycles. The van der Waals surface area contributed by atoms with E-state index >= 15 is 0 Å². The van der Waals surface area contributed by atoms with Crippen LogP contribution >= 0.6 is 0 Å². The highest BCUT2D eigenvalue weighted by atomic mass is 16.2. The number of benzene rings is 1. The summed E-state index contributed by atoms with van der Waals surface area (Å²) >= 11 is 0. The number of pyridine rings is 1. The Bertz CT molecular complexity index is 967. The first-order valence-corrected chi connectivity index (χ1v) is 8.40. The van der Waals surface area contributed by atoms with Crippen molar-refractivity contribution in [2.75, 3.05) is 19.0 Å². The van der Waals surface area contributed by atoms with Crippen molar-refractivity contribution in [3.63, 3.8) is 0 Å². The van der Waals surface area contributed by atoms with Crippen LogP contribution < -0.4 is 15.8 Å². The van der Waals surface area contributed by atoms with Crippen LogP contribution in [0.3, 0.4) is 0 Å². The summed E-state index contributed by atoms with van der Waals surface area (Å²) in [5, 5.41) is 2.83. The predicted octanol–water partition coefficient (Wildman–Crippen LogP) is 1.56. The molecule has 1 amide bonds. The SMILES string of the molecule is CN(C)c1nc2ccccc2n(CCC(=O)NCc2ccccn2)c1=O. The van der Waals surface area contributed by atoms with Crippen molar-refractivity contribution in [1.82, 2.24) is 19.9 Å². The van der Waals surface area contributed by atoms with Crippen LogP contribution in [0.1, 0.15) is 12.1 Å². The third-order valence-electron chi connectivity index (χ3n) is 4.01. The normalized spacial score (nSPS) is 10.7. The number of aromatic nitrogens is 3. The Morgan fingerprint density at radius 3 is 2.65 bits per heavy atom. The van der Waals surface area contributed by atoms with Gasteiger partial charge in [0.25, 0.3) is 5.56 Å². The number of amides is 1. The van der Waals surface area contributed by atoms with Gasteiger partial charge in [0.2, 0.25) is 5.91 Å². The monoisotopic (exact) mass is 351 g/mol. The number of nitrogens with one attached hydrogen (secondary N) is 1. The molecule has 0 aliphatic rings. The maximum absolute atomic E-state index is 12.7. The van der Waals surface area contributed by atoms with Crippen molar-refractivity contribution in [2.45, 2.75) is 19.5 Å². The summed E-state index contributed by atoms with van der Waals surface area (Å²) in [5.74, 6) is 0.229. The summed E-state index contributed by atoms with van der Waals surface area (Å²) in [7, 11) is 3.56.